The predicted molar refractivity (Wildman–Crippen MR) is 118 cm³/mol. The van der Waals surface area contributed by atoms with E-state index < -0.39 is 0 Å². The SMILES string of the molecule is CCN(Cc1ccccc1)c1ccc(C2OC(=O)c3cc(N(C)C)ccc32)cc1. The van der Waals surface area contributed by atoms with Crippen molar-refractivity contribution in [2.24, 2.45) is 0 Å². The number of carbonyl (C=O) groups excluding carboxylic acids is 1. The van der Waals surface area contributed by atoms with Crippen molar-refractivity contribution in [3.63, 3.8) is 0 Å². The van der Waals surface area contributed by atoms with Crippen LogP contribution in [0.25, 0.3) is 0 Å². The highest BCUT2D eigenvalue weighted by Crippen LogP contribution is 2.38. The van der Waals surface area contributed by atoms with E-state index in [0.29, 0.717) is 5.56 Å². The molecular formula is C25H26N2O2. The second-order valence-electron chi connectivity index (χ2n) is 7.54. The van der Waals surface area contributed by atoms with Gasteiger partial charge in [0.15, 0.2) is 6.10 Å². The Morgan fingerprint density at radius 2 is 1.59 bits per heavy atom. The largest absolute Gasteiger partial charge is 0.449 e. The Labute approximate surface area is 172 Å². The molecule has 0 N–H and O–H groups in total. The molecule has 4 heteroatoms. The molecule has 0 saturated heterocycles. The van der Waals surface area contributed by atoms with Crippen molar-refractivity contribution in [3.05, 3.63) is 95.1 Å². The molecule has 0 spiro atoms. The average Bonchev–Trinajstić information content (AvgIpc) is 3.09. The van der Waals surface area contributed by atoms with Gasteiger partial charge in [-0.05, 0) is 42.3 Å². The number of anilines is 2. The zero-order valence-corrected chi connectivity index (χ0v) is 17.1. The molecule has 1 heterocycles. The van der Waals surface area contributed by atoms with Crippen LogP contribution in [-0.4, -0.2) is 26.6 Å². The molecule has 0 aromatic heterocycles. The van der Waals surface area contributed by atoms with Gasteiger partial charge in [0.2, 0.25) is 0 Å². The lowest BCUT2D eigenvalue weighted by Gasteiger charge is -2.24. The van der Waals surface area contributed by atoms with Gasteiger partial charge in [-0.25, -0.2) is 4.79 Å². The number of rotatable bonds is 6. The van der Waals surface area contributed by atoms with Gasteiger partial charge in [0, 0.05) is 44.1 Å². The van der Waals surface area contributed by atoms with Crippen LogP contribution in [0, 0.1) is 0 Å². The van der Waals surface area contributed by atoms with Gasteiger partial charge >= 0.3 is 5.97 Å². The number of carbonyl (C=O) groups is 1. The monoisotopic (exact) mass is 386 g/mol. The van der Waals surface area contributed by atoms with Gasteiger partial charge in [0.05, 0.1) is 5.56 Å². The molecule has 29 heavy (non-hydrogen) atoms. The van der Waals surface area contributed by atoms with Crippen molar-refractivity contribution >= 4 is 17.3 Å². The van der Waals surface area contributed by atoms with Crippen LogP contribution in [0.2, 0.25) is 0 Å². The van der Waals surface area contributed by atoms with E-state index in [0.717, 1.165) is 35.6 Å². The molecular weight excluding hydrogens is 360 g/mol. The third kappa shape index (κ3) is 3.83. The van der Waals surface area contributed by atoms with Gasteiger partial charge in [-0.3, -0.25) is 0 Å². The molecule has 3 aromatic rings. The van der Waals surface area contributed by atoms with Crippen LogP contribution >= 0.6 is 0 Å². The zero-order chi connectivity index (χ0) is 20.4. The van der Waals surface area contributed by atoms with Crippen molar-refractivity contribution in [1.82, 2.24) is 0 Å². The van der Waals surface area contributed by atoms with Crippen molar-refractivity contribution < 1.29 is 9.53 Å². The Morgan fingerprint density at radius 3 is 2.24 bits per heavy atom. The fraction of sp³-hybridized carbons (Fsp3) is 0.240. The lowest BCUT2D eigenvalue weighted by molar-refractivity contribution is 0.0456. The van der Waals surface area contributed by atoms with E-state index >= 15 is 0 Å². The maximum Gasteiger partial charge on any atom is 0.339 e. The Balaban J connectivity index is 1.56. The van der Waals surface area contributed by atoms with Crippen LogP contribution in [0.15, 0.2) is 72.8 Å². The minimum absolute atomic E-state index is 0.253. The van der Waals surface area contributed by atoms with Gasteiger partial charge in [-0.15, -0.1) is 0 Å². The molecule has 4 nitrogen and oxygen atoms in total. The van der Waals surface area contributed by atoms with Gasteiger partial charge in [0.25, 0.3) is 0 Å². The van der Waals surface area contributed by atoms with Gasteiger partial charge in [-0.2, -0.15) is 0 Å². The molecule has 0 aliphatic carbocycles. The third-order valence-electron chi connectivity index (χ3n) is 5.44. The standard InChI is InChI=1S/C25H26N2O2/c1-4-27(17-18-8-6-5-7-9-18)20-12-10-19(11-13-20)24-22-15-14-21(26(2)3)16-23(22)25(28)29-24/h5-16,24H,4,17H2,1-3H3. The Hall–Kier alpha value is -3.27. The summed E-state index contributed by atoms with van der Waals surface area (Å²) >= 11 is 0. The lowest BCUT2D eigenvalue weighted by Crippen LogP contribution is -2.21. The fourth-order valence-corrected chi connectivity index (χ4v) is 3.76. The van der Waals surface area contributed by atoms with E-state index in [2.05, 4.69) is 60.4 Å². The predicted octanol–water partition coefficient (Wildman–Crippen LogP) is 5.04. The van der Waals surface area contributed by atoms with E-state index in [1.165, 1.54) is 5.56 Å². The molecule has 1 atom stereocenters. The van der Waals surface area contributed by atoms with Crippen molar-refractivity contribution in [2.45, 2.75) is 19.6 Å². The number of esters is 1. The van der Waals surface area contributed by atoms with E-state index in [1.54, 1.807) is 0 Å². The van der Waals surface area contributed by atoms with Crippen LogP contribution in [0.5, 0.6) is 0 Å². The third-order valence-corrected chi connectivity index (χ3v) is 5.44. The first-order chi connectivity index (χ1) is 14.1. The molecule has 0 radical (unpaired) electrons. The molecule has 4 rings (SSSR count). The van der Waals surface area contributed by atoms with Crippen LogP contribution < -0.4 is 9.80 Å². The summed E-state index contributed by atoms with van der Waals surface area (Å²) in [5, 5.41) is 0. The molecule has 1 unspecified atom stereocenters. The second kappa shape index (κ2) is 8.00. The smallest absolute Gasteiger partial charge is 0.339 e. The Morgan fingerprint density at radius 1 is 0.897 bits per heavy atom. The number of cyclic esters (lactones) is 1. The number of hydrogen-bond acceptors (Lipinski definition) is 4. The minimum atomic E-state index is -0.341. The maximum atomic E-state index is 12.4. The van der Waals surface area contributed by atoms with E-state index in [9.17, 15) is 4.79 Å². The fourth-order valence-electron chi connectivity index (χ4n) is 3.76. The average molecular weight is 386 g/mol. The van der Waals surface area contributed by atoms with E-state index in [-0.39, 0.29) is 12.1 Å². The summed E-state index contributed by atoms with van der Waals surface area (Å²) < 4.78 is 5.70. The topological polar surface area (TPSA) is 32.8 Å². The molecule has 0 bridgehead atoms. The summed E-state index contributed by atoms with van der Waals surface area (Å²) in [5.41, 5.74) is 6.03. The van der Waals surface area contributed by atoms with Crippen LogP contribution in [-0.2, 0) is 11.3 Å². The number of ether oxygens (including phenoxy) is 1. The van der Waals surface area contributed by atoms with E-state index in [1.807, 2.05) is 43.3 Å². The summed E-state index contributed by atoms with van der Waals surface area (Å²) in [6.45, 7) is 3.95. The van der Waals surface area contributed by atoms with Gasteiger partial charge in [-0.1, -0.05) is 48.5 Å². The van der Waals surface area contributed by atoms with Crippen LogP contribution in [0.3, 0.4) is 0 Å². The summed E-state index contributed by atoms with van der Waals surface area (Å²) in [4.78, 5) is 16.7. The minimum Gasteiger partial charge on any atom is -0.449 e. The van der Waals surface area contributed by atoms with Crippen LogP contribution in [0.1, 0.15) is 40.1 Å². The first-order valence-corrected chi connectivity index (χ1v) is 9.98. The second-order valence-corrected chi connectivity index (χ2v) is 7.54. The number of benzene rings is 3. The molecule has 1 aliphatic heterocycles. The van der Waals surface area contributed by atoms with Crippen molar-refractivity contribution in [3.8, 4) is 0 Å². The maximum absolute atomic E-state index is 12.4. The van der Waals surface area contributed by atoms with Crippen LogP contribution in [0.4, 0.5) is 11.4 Å². The number of nitrogens with zero attached hydrogens (tertiary/aromatic N) is 2. The van der Waals surface area contributed by atoms with Gasteiger partial charge in [0.1, 0.15) is 0 Å². The number of fused-ring (bicyclic) bond motifs is 1. The lowest BCUT2D eigenvalue weighted by atomic mass is 9.98. The first-order valence-electron chi connectivity index (χ1n) is 9.98. The molecule has 0 fully saturated rings. The first kappa shape index (κ1) is 19.1. The Bertz CT molecular complexity index is 997. The summed E-state index contributed by atoms with van der Waals surface area (Å²) in [6, 6.07) is 24.8. The quantitative estimate of drug-likeness (QED) is 0.556. The highest BCUT2D eigenvalue weighted by Gasteiger charge is 2.32. The Kier molecular flexibility index (Phi) is 5.26. The molecule has 148 valence electrons. The number of hydrogen-bond donors (Lipinski definition) is 0. The van der Waals surface area contributed by atoms with Crippen molar-refractivity contribution in [2.75, 3.05) is 30.4 Å². The molecule has 0 amide bonds. The molecule has 3 aromatic carbocycles. The van der Waals surface area contributed by atoms with Crippen molar-refractivity contribution in [1.29, 1.82) is 0 Å². The highest BCUT2D eigenvalue weighted by molar-refractivity contribution is 5.95. The molecule has 0 saturated carbocycles. The molecule has 1 aliphatic rings. The normalized spacial score (nSPS) is 15.0. The zero-order valence-electron chi connectivity index (χ0n) is 17.1. The van der Waals surface area contributed by atoms with E-state index in [4.69, 9.17) is 4.74 Å². The van der Waals surface area contributed by atoms with Gasteiger partial charge < -0.3 is 14.5 Å². The highest BCUT2D eigenvalue weighted by atomic mass is 16.5. The summed E-state index contributed by atoms with van der Waals surface area (Å²) in [6.07, 6.45) is -0.341. The summed E-state index contributed by atoms with van der Waals surface area (Å²) in [7, 11) is 3.93. The summed E-state index contributed by atoms with van der Waals surface area (Å²) in [5.74, 6) is -0.253.